The predicted molar refractivity (Wildman–Crippen MR) is 96.8 cm³/mol. The van der Waals surface area contributed by atoms with Crippen LogP contribution >= 0.6 is 0 Å². The molecule has 1 heterocycles. The molecule has 0 spiro atoms. The van der Waals surface area contributed by atoms with Crippen molar-refractivity contribution in [1.82, 2.24) is 0 Å². The van der Waals surface area contributed by atoms with Gasteiger partial charge in [0.05, 0.1) is 18.7 Å². The third-order valence-corrected chi connectivity index (χ3v) is 4.11. The van der Waals surface area contributed by atoms with E-state index in [0.29, 0.717) is 31.0 Å². The van der Waals surface area contributed by atoms with E-state index in [0.717, 1.165) is 11.3 Å². The molecule has 0 bridgehead atoms. The number of carbonyl (C=O) groups is 2. The normalized spacial score (nSPS) is 16.0. The minimum absolute atomic E-state index is 0.329. The Bertz CT molecular complexity index is 790. The van der Waals surface area contributed by atoms with Gasteiger partial charge in [-0.2, -0.15) is 0 Å². The van der Waals surface area contributed by atoms with Crippen LogP contribution in [0.15, 0.2) is 48.5 Å². The van der Waals surface area contributed by atoms with Gasteiger partial charge < -0.3 is 19.5 Å². The molecule has 0 aromatic heterocycles. The van der Waals surface area contributed by atoms with Crippen molar-refractivity contribution < 1.29 is 24.2 Å². The summed E-state index contributed by atoms with van der Waals surface area (Å²) in [7, 11) is 0. The average Bonchev–Trinajstić information content (AvgIpc) is 2.62. The minimum atomic E-state index is -1.06. The van der Waals surface area contributed by atoms with Crippen LogP contribution in [0.1, 0.15) is 18.4 Å². The van der Waals surface area contributed by atoms with E-state index in [1.54, 1.807) is 11.0 Å². The number of benzene rings is 2. The van der Waals surface area contributed by atoms with E-state index in [1.807, 2.05) is 49.4 Å². The van der Waals surface area contributed by atoms with Crippen LogP contribution in [0.5, 0.6) is 11.5 Å². The first kappa shape index (κ1) is 17.8. The summed E-state index contributed by atoms with van der Waals surface area (Å²) in [6, 6.07) is 15.0. The Balaban J connectivity index is 1.69. The number of aliphatic carboxylic acids is 1. The Morgan fingerprint density at radius 2 is 2.00 bits per heavy atom. The van der Waals surface area contributed by atoms with E-state index >= 15 is 0 Å². The van der Waals surface area contributed by atoms with Crippen LogP contribution in [0.2, 0.25) is 0 Å². The molecule has 0 aliphatic carbocycles. The van der Waals surface area contributed by atoms with E-state index in [9.17, 15) is 9.59 Å². The van der Waals surface area contributed by atoms with Crippen LogP contribution in [-0.2, 0) is 9.59 Å². The van der Waals surface area contributed by atoms with Gasteiger partial charge in [0, 0.05) is 6.54 Å². The van der Waals surface area contributed by atoms with E-state index in [2.05, 4.69) is 0 Å². The van der Waals surface area contributed by atoms with Gasteiger partial charge in [0.2, 0.25) is 0 Å². The molecule has 0 saturated carbocycles. The van der Waals surface area contributed by atoms with Crippen LogP contribution in [-0.4, -0.2) is 36.2 Å². The average molecular weight is 355 g/mol. The summed E-state index contributed by atoms with van der Waals surface area (Å²) < 4.78 is 11.3. The Hall–Kier alpha value is -3.02. The number of hydrogen-bond donors (Lipinski definition) is 1. The first-order chi connectivity index (χ1) is 12.5. The van der Waals surface area contributed by atoms with E-state index in [-0.39, 0.29) is 12.3 Å². The summed E-state index contributed by atoms with van der Waals surface area (Å²) in [5, 5.41) is 9.03. The standard InChI is InChI=1S/C20H21NO5/c1-14-8-9-17-16(12-14)21(20(24)18(26-17)13-19(22)23)10-5-11-25-15-6-3-2-4-7-15/h2-4,6-9,12,18H,5,10-11,13H2,1H3,(H,22,23). The predicted octanol–water partition coefficient (Wildman–Crippen LogP) is 3.03. The molecular weight excluding hydrogens is 334 g/mol. The number of rotatable bonds is 7. The molecule has 136 valence electrons. The number of amides is 1. The Morgan fingerprint density at radius 3 is 2.73 bits per heavy atom. The number of aryl methyl sites for hydroxylation is 1. The van der Waals surface area contributed by atoms with Crippen LogP contribution in [0.4, 0.5) is 5.69 Å². The molecule has 0 fully saturated rings. The quantitative estimate of drug-likeness (QED) is 0.773. The zero-order valence-corrected chi connectivity index (χ0v) is 14.6. The molecule has 2 aromatic carbocycles. The molecule has 26 heavy (non-hydrogen) atoms. The molecule has 1 aliphatic heterocycles. The second-order valence-electron chi connectivity index (χ2n) is 6.18. The summed E-state index contributed by atoms with van der Waals surface area (Å²) in [6.45, 7) is 2.83. The van der Waals surface area contributed by atoms with Crippen LogP contribution in [0.3, 0.4) is 0 Å². The molecular formula is C20H21NO5. The topological polar surface area (TPSA) is 76.1 Å². The van der Waals surface area contributed by atoms with Gasteiger partial charge in [-0.05, 0) is 43.2 Å². The summed E-state index contributed by atoms with van der Waals surface area (Å²) in [5.41, 5.74) is 1.68. The summed E-state index contributed by atoms with van der Waals surface area (Å²) in [4.78, 5) is 25.3. The second kappa shape index (κ2) is 7.91. The van der Waals surface area contributed by atoms with Crippen molar-refractivity contribution in [2.24, 2.45) is 0 Å². The second-order valence-corrected chi connectivity index (χ2v) is 6.18. The van der Waals surface area contributed by atoms with Gasteiger partial charge in [-0.3, -0.25) is 9.59 Å². The summed E-state index contributed by atoms with van der Waals surface area (Å²) in [6.07, 6.45) is -0.741. The zero-order chi connectivity index (χ0) is 18.5. The molecule has 1 aliphatic rings. The van der Waals surface area contributed by atoms with Crippen LogP contribution in [0, 0.1) is 6.92 Å². The molecule has 1 N–H and O–H groups in total. The van der Waals surface area contributed by atoms with Crippen molar-refractivity contribution in [3.05, 3.63) is 54.1 Å². The van der Waals surface area contributed by atoms with Crippen molar-refractivity contribution in [2.45, 2.75) is 25.9 Å². The number of carbonyl (C=O) groups excluding carboxylic acids is 1. The first-order valence-electron chi connectivity index (χ1n) is 8.53. The monoisotopic (exact) mass is 355 g/mol. The number of para-hydroxylation sites is 1. The van der Waals surface area contributed by atoms with Gasteiger partial charge in [0.15, 0.2) is 6.10 Å². The van der Waals surface area contributed by atoms with Gasteiger partial charge in [0.25, 0.3) is 5.91 Å². The Labute approximate surface area is 152 Å². The molecule has 0 radical (unpaired) electrons. The van der Waals surface area contributed by atoms with Crippen molar-refractivity contribution in [2.75, 3.05) is 18.1 Å². The highest BCUT2D eigenvalue weighted by Crippen LogP contribution is 2.35. The van der Waals surface area contributed by atoms with Crippen molar-refractivity contribution in [1.29, 1.82) is 0 Å². The fraction of sp³-hybridized carbons (Fsp3) is 0.300. The lowest BCUT2D eigenvalue weighted by Gasteiger charge is -2.34. The van der Waals surface area contributed by atoms with E-state index in [4.69, 9.17) is 14.6 Å². The number of ether oxygens (including phenoxy) is 2. The molecule has 1 unspecified atom stereocenters. The first-order valence-corrected chi connectivity index (χ1v) is 8.53. The van der Waals surface area contributed by atoms with Gasteiger partial charge in [-0.15, -0.1) is 0 Å². The third kappa shape index (κ3) is 4.14. The SMILES string of the molecule is Cc1ccc2c(c1)N(CCCOc1ccccc1)C(=O)C(CC(=O)O)O2. The molecule has 1 atom stereocenters. The number of carboxylic acid groups (broad SMARTS) is 1. The Morgan fingerprint density at radius 1 is 1.23 bits per heavy atom. The minimum Gasteiger partial charge on any atom is -0.494 e. The molecule has 0 saturated heterocycles. The maximum Gasteiger partial charge on any atom is 0.307 e. The van der Waals surface area contributed by atoms with Crippen molar-refractivity contribution >= 4 is 17.6 Å². The van der Waals surface area contributed by atoms with E-state index in [1.165, 1.54) is 0 Å². The Kier molecular flexibility index (Phi) is 5.41. The molecule has 2 aromatic rings. The lowest BCUT2D eigenvalue weighted by atomic mass is 10.1. The van der Waals surface area contributed by atoms with Crippen LogP contribution < -0.4 is 14.4 Å². The fourth-order valence-electron chi connectivity index (χ4n) is 2.88. The van der Waals surface area contributed by atoms with Crippen molar-refractivity contribution in [3.63, 3.8) is 0 Å². The number of fused-ring (bicyclic) bond motifs is 1. The van der Waals surface area contributed by atoms with Crippen molar-refractivity contribution in [3.8, 4) is 11.5 Å². The lowest BCUT2D eigenvalue weighted by Crippen LogP contribution is -2.47. The van der Waals surface area contributed by atoms with Gasteiger partial charge in [0.1, 0.15) is 11.5 Å². The van der Waals surface area contributed by atoms with Gasteiger partial charge >= 0.3 is 5.97 Å². The van der Waals surface area contributed by atoms with Gasteiger partial charge in [-0.25, -0.2) is 0 Å². The van der Waals surface area contributed by atoms with Crippen LogP contribution in [0.25, 0.3) is 0 Å². The maximum absolute atomic E-state index is 12.7. The molecule has 1 amide bonds. The summed E-state index contributed by atoms with van der Waals surface area (Å²) >= 11 is 0. The molecule has 3 rings (SSSR count). The maximum atomic E-state index is 12.7. The number of hydrogen-bond acceptors (Lipinski definition) is 4. The summed E-state index contributed by atoms with van der Waals surface area (Å²) in [5.74, 6) is -0.0808. The highest BCUT2D eigenvalue weighted by molar-refractivity contribution is 6.01. The van der Waals surface area contributed by atoms with E-state index < -0.39 is 12.1 Å². The number of nitrogens with zero attached hydrogens (tertiary/aromatic N) is 1. The number of anilines is 1. The van der Waals surface area contributed by atoms with Gasteiger partial charge in [-0.1, -0.05) is 24.3 Å². The largest absolute Gasteiger partial charge is 0.494 e. The smallest absolute Gasteiger partial charge is 0.307 e. The molecule has 6 heteroatoms. The zero-order valence-electron chi connectivity index (χ0n) is 14.6. The highest BCUT2D eigenvalue weighted by Gasteiger charge is 2.35. The third-order valence-electron chi connectivity index (χ3n) is 4.11. The lowest BCUT2D eigenvalue weighted by molar-refractivity contribution is -0.142. The highest BCUT2D eigenvalue weighted by atomic mass is 16.5. The fourth-order valence-corrected chi connectivity index (χ4v) is 2.88. The molecule has 6 nitrogen and oxygen atoms in total. The number of carboxylic acids is 1.